The van der Waals surface area contributed by atoms with Crippen LogP contribution in [0.25, 0.3) is 0 Å². The summed E-state index contributed by atoms with van der Waals surface area (Å²) in [5, 5.41) is 18.1. The Morgan fingerprint density at radius 2 is 2.00 bits per heavy atom. The van der Waals surface area contributed by atoms with E-state index < -0.39 is 6.10 Å². The van der Waals surface area contributed by atoms with E-state index in [0.29, 0.717) is 6.04 Å². The van der Waals surface area contributed by atoms with Gasteiger partial charge in [-0.15, -0.1) is 0 Å². The Balaban J connectivity index is 1.82. The smallest absolute Gasteiger partial charge is 0.118 e. The second-order valence-corrected chi connectivity index (χ2v) is 5.63. The number of nitrogens with zero attached hydrogens (tertiary/aromatic N) is 2. The van der Waals surface area contributed by atoms with Crippen LogP contribution in [0.5, 0.6) is 5.75 Å². The van der Waals surface area contributed by atoms with Gasteiger partial charge in [0.25, 0.3) is 0 Å². The number of ether oxygens (including phenoxy) is 1. The van der Waals surface area contributed by atoms with Gasteiger partial charge in [0.1, 0.15) is 5.75 Å². The third-order valence-corrected chi connectivity index (χ3v) is 3.83. The average molecular weight is 303 g/mol. The summed E-state index contributed by atoms with van der Waals surface area (Å²) in [5.74, 6) is 0.796. The maximum atomic E-state index is 10.4. The van der Waals surface area contributed by atoms with Crippen LogP contribution in [0.3, 0.4) is 0 Å². The van der Waals surface area contributed by atoms with Crippen LogP contribution in [-0.2, 0) is 6.54 Å². The number of nitrogens with one attached hydrogen (secondary N) is 1. The molecule has 1 aromatic heterocycles. The zero-order valence-electron chi connectivity index (χ0n) is 13.4. The highest BCUT2D eigenvalue weighted by atomic mass is 16.5. The number of aromatic nitrogens is 2. The van der Waals surface area contributed by atoms with E-state index in [4.69, 9.17) is 4.74 Å². The van der Waals surface area contributed by atoms with Gasteiger partial charge in [-0.1, -0.05) is 12.1 Å². The van der Waals surface area contributed by atoms with Crippen molar-refractivity contribution in [1.82, 2.24) is 15.1 Å². The second kappa shape index (κ2) is 7.96. The molecule has 0 amide bonds. The SMILES string of the molecule is COc1ccc(C(O)C(C)NC(C)CCn2cccn2)cc1. The summed E-state index contributed by atoms with van der Waals surface area (Å²) in [6.07, 6.45) is 4.16. The molecule has 5 nitrogen and oxygen atoms in total. The van der Waals surface area contributed by atoms with E-state index >= 15 is 0 Å². The number of hydrogen-bond acceptors (Lipinski definition) is 4. The van der Waals surface area contributed by atoms with Gasteiger partial charge in [-0.3, -0.25) is 4.68 Å². The maximum absolute atomic E-state index is 10.4. The van der Waals surface area contributed by atoms with Crippen LogP contribution in [0.4, 0.5) is 0 Å². The van der Waals surface area contributed by atoms with Crippen molar-refractivity contribution < 1.29 is 9.84 Å². The molecule has 1 heterocycles. The molecule has 0 spiro atoms. The number of aryl methyl sites for hydroxylation is 1. The van der Waals surface area contributed by atoms with Crippen LogP contribution in [0, 0.1) is 0 Å². The van der Waals surface area contributed by atoms with E-state index in [0.717, 1.165) is 24.3 Å². The molecule has 120 valence electrons. The van der Waals surface area contributed by atoms with Crippen LogP contribution in [0.15, 0.2) is 42.7 Å². The van der Waals surface area contributed by atoms with E-state index in [1.165, 1.54) is 0 Å². The molecule has 2 N–H and O–H groups in total. The molecule has 0 radical (unpaired) electrons. The molecule has 3 atom stereocenters. The van der Waals surface area contributed by atoms with Crippen molar-refractivity contribution in [2.75, 3.05) is 7.11 Å². The van der Waals surface area contributed by atoms with Gasteiger partial charge in [-0.25, -0.2) is 0 Å². The summed E-state index contributed by atoms with van der Waals surface area (Å²) < 4.78 is 7.06. The van der Waals surface area contributed by atoms with Crippen LogP contribution >= 0.6 is 0 Å². The van der Waals surface area contributed by atoms with Crippen molar-refractivity contribution in [2.24, 2.45) is 0 Å². The van der Waals surface area contributed by atoms with Gasteiger partial charge in [-0.05, 0) is 44.0 Å². The Bertz CT molecular complexity index is 540. The van der Waals surface area contributed by atoms with Crippen molar-refractivity contribution in [1.29, 1.82) is 0 Å². The summed E-state index contributed by atoms with van der Waals surface area (Å²) in [7, 11) is 1.64. The van der Waals surface area contributed by atoms with Crippen molar-refractivity contribution in [2.45, 2.75) is 45.0 Å². The molecule has 5 heteroatoms. The summed E-state index contributed by atoms with van der Waals surface area (Å²) in [6, 6.07) is 9.73. The summed E-state index contributed by atoms with van der Waals surface area (Å²) >= 11 is 0. The molecular formula is C17H25N3O2. The van der Waals surface area contributed by atoms with Crippen LogP contribution in [0.2, 0.25) is 0 Å². The van der Waals surface area contributed by atoms with E-state index in [-0.39, 0.29) is 6.04 Å². The Hall–Kier alpha value is -1.85. The predicted molar refractivity (Wildman–Crippen MR) is 86.9 cm³/mol. The topological polar surface area (TPSA) is 59.3 Å². The fourth-order valence-corrected chi connectivity index (χ4v) is 2.47. The number of aliphatic hydroxyl groups is 1. The largest absolute Gasteiger partial charge is 0.497 e. The highest BCUT2D eigenvalue weighted by Crippen LogP contribution is 2.20. The number of aliphatic hydroxyl groups excluding tert-OH is 1. The molecule has 2 rings (SSSR count). The Kier molecular flexibility index (Phi) is 5.98. The lowest BCUT2D eigenvalue weighted by Gasteiger charge is -2.25. The van der Waals surface area contributed by atoms with Crippen LogP contribution in [-0.4, -0.2) is 34.1 Å². The zero-order valence-corrected chi connectivity index (χ0v) is 13.4. The number of methoxy groups -OCH3 is 1. The molecule has 3 unspecified atom stereocenters. The monoisotopic (exact) mass is 303 g/mol. The van der Waals surface area contributed by atoms with Gasteiger partial charge in [0.05, 0.1) is 13.2 Å². The first-order chi connectivity index (χ1) is 10.6. The van der Waals surface area contributed by atoms with Crippen molar-refractivity contribution in [3.63, 3.8) is 0 Å². The fraction of sp³-hybridized carbons (Fsp3) is 0.471. The minimum Gasteiger partial charge on any atom is -0.497 e. The standard InChI is InChI=1S/C17H25N3O2/c1-13(9-12-20-11-4-10-18-20)19-14(2)17(21)15-5-7-16(22-3)8-6-15/h4-8,10-11,13-14,17,19,21H,9,12H2,1-3H3. The summed E-state index contributed by atoms with van der Waals surface area (Å²) in [4.78, 5) is 0. The summed E-state index contributed by atoms with van der Waals surface area (Å²) in [6.45, 7) is 4.99. The number of hydrogen-bond donors (Lipinski definition) is 2. The Morgan fingerprint density at radius 1 is 1.27 bits per heavy atom. The first-order valence-corrected chi connectivity index (χ1v) is 7.65. The second-order valence-electron chi connectivity index (χ2n) is 5.63. The quantitative estimate of drug-likeness (QED) is 0.786. The molecule has 2 aromatic rings. The lowest BCUT2D eigenvalue weighted by molar-refractivity contribution is 0.129. The number of rotatable bonds is 8. The average Bonchev–Trinajstić information content (AvgIpc) is 3.05. The van der Waals surface area contributed by atoms with Gasteiger partial charge < -0.3 is 15.2 Å². The van der Waals surface area contributed by atoms with Crippen molar-refractivity contribution in [3.8, 4) is 5.75 Å². The zero-order chi connectivity index (χ0) is 15.9. The fourth-order valence-electron chi connectivity index (χ4n) is 2.47. The molecule has 0 saturated heterocycles. The highest BCUT2D eigenvalue weighted by Gasteiger charge is 2.18. The van der Waals surface area contributed by atoms with Gasteiger partial charge in [0.15, 0.2) is 0 Å². The molecule has 0 saturated carbocycles. The molecule has 0 aliphatic rings. The summed E-state index contributed by atoms with van der Waals surface area (Å²) in [5.41, 5.74) is 0.889. The predicted octanol–water partition coefficient (Wildman–Crippen LogP) is 2.38. The van der Waals surface area contributed by atoms with Gasteiger partial charge in [0, 0.05) is 31.0 Å². The molecular weight excluding hydrogens is 278 g/mol. The Labute approximate surface area is 131 Å². The lowest BCUT2D eigenvalue weighted by atomic mass is 10.0. The number of benzene rings is 1. The van der Waals surface area contributed by atoms with Crippen LogP contribution in [0.1, 0.15) is 31.9 Å². The third-order valence-electron chi connectivity index (χ3n) is 3.83. The van der Waals surface area contributed by atoms with E-state index in [1.54, 1.807) is 13.3 Å². The van der Waals surface area contributed by atoms with E-state index in [9.17, 15) is 5.11 Å². The van der Waals surface area contributed by atoms with Crippen LogP contribution < -0.4 is 10.1 Å². The van der Waals surface area contributed by atoms with Gasteiger partial charge >= 0.3 is 0 Å². The maximum Gasteiger partial charge on any atom is 0.118 e. The Morgan fingerprint density at radius 3 is 2.59 bits per heavy atom. The normalized spacial score (nSPS) is 15.3. The molecule has 1 aromatic carbocycles. The van der Waals surface area contributed by atoms with E-state index in [2.05, 4.69) is 17.3 Å². The molecule has 0 bridgehead atoms. The third kappa shape index (κ3) is 4.58. The minimum atomic E-state index is -0.543. The van der Waals surface area contributed by atoms with Crippen molar-refractivity contribution in [3.05, 3.63) is 48.3 Å². The first kappa shape index (κ1) is 16.5. The molecule has 0 aliphatic heterocycles. The molecule has 0 fully saturated rings. The molecule has 22 heavy (non-hydrogen) atoms. The van der Waals surface area contributed by atoms with Gasteiger partial charge in [0.2, 0.25) is 0 Å². The lowest BCUT2D eigenvalue weighted by Crippen LogP contribution is -2.39. The highest BCUT2D eigenvalue weighted by molar-refractivity contribution is 5.29. The van der Waals surface area contributed by atoms with E-state index in [1.807, 2.05) is 48.1 Å². The van der Waals surface area contributed by atoms with Gasteiger partial charge in [-0.2, -0.15) is 5.10 Å². The first-order valence-electron chi connectivity index (χ1n) is 7.65. The van der Waals surface area contributed by atoms with Crippen molar-refractivity contribution >= 4 is 0 Å². The minimum absolute atomic E-state index is 0.0268. The molecule has 0 aliphatic carbocycles.